The van der Waals surface area contributed by atoms with Crippen LogP contribution < -0.4 is 5.32 Å². The smallest absolute Gasteiger partial charge is 0.307 e. The first-order valence-corrected chi connectivity index (χ1v) is 6.54. The van der Waals surface area contributed by atoms with E-state index in [1.54, 1.807) is 6.92 Å². The van der Waals surface area contributed by atoms with E-state index in [1.807, 2.05) is 12.2 Å². The molecule has 3 rings (SSSR count). The fourth-order valence-electron chi connectivity index (χ4n) is 3.21. The molecule has 1 heterocycles. The zero-order valence-corrected chi connectivity index (χ0v) is 10.9. The first-order valence-electron chi connectivity index (χ1n) is 6.54. The molecule has 2 aliphatic rings. The Bertz CT molecular complexity index is 580. The van der Waals surface area contributed by atoms with Crippen LogP contribution in [0.5, 0.6) is 0 Å². The summed E-state index contributed by atoms with van der Waals surface area (Å²) >= 11 is 0. The lowest BCUT2D eigenvalue weighted by Gasteiger charge is -2.23. The van der Waals surface area contributed by atoms with Gasteiger partial charge >= 0.3 is 5.97 Å². The molecule has 0 aliphatic heterocycles. The normalized spacial score (nSPS) is 30.6. The molecule has 7 nitrogen and oxygen atoms in total. The second kappa shape index (κ2) is 4.73. The Morgan fingerprint density at radius 2 is 2.10 bits per heavy atom. The van der Waals surface area contributed by atoms with Crippen molar-refractivity contribution in [3.8, 4) is 0 Å². The van der Waals surface area contributed by atoms with E-state index in [1.165, 1.54) is 0 Å². The van der Waals surface area contributed by atoms with E-state index in [4.69, 9.17) is 4.52 Å². The quantitative estimate of drug-likeness (QED) is 0.777. The first kappa shape index (κ1) is 12.8. The molecule has 2 aliphatic carbocycles. The van der Waals surface area contributed by atoms with Crippen molar-refractivity contribution in [3.05, 3.63) is 23.9 Å². The van der Waals surface area contributed by atoms with Gasteiger partial charge in [-0.05, 0) is 18.3 Å². The van der Waals surface area contributed by atoms with Crippen molar-refractivity contribution < 1.29 is 19.2 Å². The molecule has 0 aromatic carbocycles. The van der Waals surface area contributed by atoms with Crippen LogP contribution in [0.1, 0.15) is 18.1 Å². The number of nitrogens with one attached hydrogen (secondary N) is 1. The Balaban J connectivity index is 1.67. The highest BCUT2D eigenvalue weighted by atomic mass is 16.5. The van der Waals surface area contributed by atoms with Crippen molar-refractivity contribution in [2.45, 2.75) is 19.9 Å². The van der Waals surface area contributed by atoms with Crippen LogP contribution in [0.15, 0.2) is 16.7 Å². The van der Waals surface area contributed by atoms with Gasteiger partial charge in [0.25, 0.3) is 0 Å². The van der Waals surface area contributed by atoms with Gasteiger partial charge in [0.1, 0.15) is 0 Å². The number of fused-ring (bicyclic) bond motifs is 2. The predicted molar refractivity (Wildman–Crippen MR) is 66.2 cm³/mol. The fourth-order valence-corrected chi connectivity index (χ4v) is 3.21. The predicted octanol–water partition coefficient (Wildman–Crippen LogP) is 0.517. The van der Waals surface area contributed by atoms with Gasteiger partial charge in [0.05, 0.1) is 18.4 Å². The molecule has 7 heteroatoms. The van der Waals surface area contributed by atoms with E-state index in [9.17, 15) is 14.7 Å². The average Bonchev–Trinajstić information content (AvgIpc) is 3.10. The van der Waals surface area contributed by atoms with E-state index in [0.717, 1.165) is 6.42 Å². The Morgan fingerprint density at radius 3 is 2.70 bits per heavy atom. The maximum absolute atomic E-state index is 12.2. The molecule has 0 radical (unpaired) electrons. The fraction of sp³-hybridized carbons (Fsp3) is 0.538. The van der Waals surface area contributed by atoms with E-state index < -0.39 is 17.8 Å². The number of rotatable bonds is 4. The summed E-state index contributed by atoms with van der Waals surface area (Å²) in [6, 6.07) is 0. The van der Waals surface area contributed by atoms with Gasteiger partial charge in [-0.25, -0.2) is 0 Å². The van der Waals surface area contributed by atoms with Crippen LogP contribution in [0.2, 0.25) is 0 Å². The molecule has 1 amide bonds. The summed E-state index contributed by atoms with van der Waals surface area (Å²) in [5, 5.41) is 15.7. The molecule has 4 atom stereocenters. The number of aliphatic carboxylic acids is 1. The molecule has 106 valence electrons. The number of aryl methyl sites for hydroxylation is 1. The van der Waals surface area contributed by atoms with Gasteiger partial charge in [-0.1, -0.05) is 17.3 Å². The molecule has 2 bridgehead atoms. The number of hydrogen-bond acceptors (Lipinski definition) is 5. The molecule has 1 aromatic heterocycles. The molecule has 0 spiro atoms. The van der Waals surface area contributed by atoms with Crippen molar-refractivity contribution in [1.82, 2.24) is 15.5 Å². The molecular weight excluding hydrogens is 262 g/mol. The number of amides is 1. The Morgan fingerprint density at radius 1 is 1.40 bits per heavy atom. The second-order valence-corrected chi connectivity index (χ2v) is 5.29. The monoisotopic (exact) mass is 277 g/mol. The van der Waals surface area contributed by atoms with Crippen molar-refractivity contribution in [2.24, 2.45) is 23.7 Å². The van der Waals surface area contributed by atoms with Crippen LogP contribution in [0.3, 0.4) is 0 Å². The summed E-state index contributed by atoms with van der Waals surface area (Å²) in [5.41, 5.74) is 0. The number of aromatic nitrogens is 2. The minimum atomic E-state index is -0.905. The highest BCUT2D eigenvalue weighted by Gasteiger charge is 2.51. The summed E-state index contributed by atoms with van der Waals surface area (Å²) in [6.45, 7) is 1.82. The topological polar surface area (TPSA) is 105 Å². The summed E-state index contributed by atoms with van der Waals surface area (Å²) in [4.78, 5) is 27.6. The average molecular weight is 277 g/mol. The molecular formula is C13H15N3O4. The number of allylic oxidation sites excluding steroid dienone is 2. The van der Waals surface area contributed by atoms with Gasteiger partial charge < -0.3 is 14.9 Å². The third-order valence-corrected chi connectivity index (χ3v) is 4.04. The highest BCUT2D eigenvalue weighted by Crippen LogP contribution is 2.48. The SMILES string of the molecule is Cc1nc(CNC(=O)C2C3C=CC(C3)C2C(=O)O)no1. The number of carbonyl (C=O) groups excluding carboxylic acids is 1. The number of carboxylic acids is 1. The minimum absolute atomic E-state index is 0.0214. The molecule has 4 unspecified atom stereocenters. The lowest BCUT2D eigenvalue weighted by atomic mass is 9.82. The van der Waals surface area contributed by atoms with Gasteiger partial charge in [-0.3, -0.25) is 9.59 Å². The van der Waals surface area contributed by atoms with Crippen molar-refractivity contribution >= 4 is 11.9 Å². The molecule has 2 N–H and O–H groups in total. The number of nitrogens with zero attached hydrogens (tertiary/aromatic N) is 2. The Kier molecular flexibility index (Phi) is 3.04. The minimum Gasteiger partial charge on any atom is -0.481 e. The number of carboxylic acid groups (broad SMARTS) is 1. The van der Waals surface area contributed by atoms with Crippen molar-refractivity contribution in [2.75, 3.05) is 0 Å². The Labute approximate surface area is 115 Å². The molecule has 1 aromatic rings. The van der Waals surface area contributed by atoms with E-state index in [2.05, 4.69) is 15.5 Å². The Hall–Kier alpha value is -2.18. The van der Waals surface area contributed by atoms with Crippen molar-refractivity contribution in [3.63, 3.8) is 0 Å². The summed E-state index contributed by atoms with van der Waals surface area (Å²) in [6.07, 6.45) is 4.61. The number of hydrogen-bond donors (Lipinski definition) is 2. The summed E-state index contributed by atoms with van der Waals surface area (Å²) in [7, 11) is 0. The third kappa shape index (κ3) is 2.09. The maximum atomic E-state index is 12.2. The van der Waals surface area contributed by atoms with Gasteiger partial charge in [0.2, 0.25) is 11.8 Å². The van der Waals surface area contributed by atoms with Crippen LogP contribution in [0, 0.1) is 30.6 Å². The standard InChI is InChI=1S/C13H15N3O4/c1-6-15-9(16-20-6)5-14-12(17)10-7-2-3-8(4-7)11(10)13(18)19/h2-3,7-8,10-11H,4-5H2,1H3,(H,14,17)(H,18,19). The van der Waals surface area contributed by atoms with E-state index >= 15 is 0 Å². The van der Waals surface area contributed by atoms with Crippen LogP contribution in [0.25, 0.3) is 0 Å². The van der Waals surface area contributed by atoms with Crippen LogP contribution in [-0.2, 0) is 16.1 Å². The van der Waals surface area contributed by atoms with Crippen LogP contribution >= 0.6 is 0 Å². The van der Waals surface area contributed by atoms with E-state index in [0.29, 0.717) is 11.7 Å². The third-order valence-electron chi connectivity index (χ3n) is 4.04. The second-order valence-electron chi connectivity index (χ2n) is 5.29. The van der Waals surface area contributed by atoms with Gasteiger partial charge in [0, 0.05) is 6.92 Å². The molecule has 1 fully saturated rings. The zero-order chi connectivity index (χ0) is 14.3. The van der Waals surface area contributed by atoms with Gasteiger partial charge in [0.15, 0.2) is 5.82 Å². The zero-order valence-electron chi connectivity index (χ0n) is 10.9. The lowest BCUT2D eigenvalue weighted by Crippen LogP contribution is -2.40. The van der Waals surface area contributed by atoms with E-state index in [-0.39, 0.29) is 24.3 Å². The summed E-state index contributed by atoms with van der Waals surface area (Å²) < 4.78 is 4.81. The first-order chi connectivity index (χ1) is 9.56. The molecule has 20 heavy (non-hydrogen) atoms. The molecule has 1 saturated carbocycles. The number of carbonyl (C=O) groups is 2. The molecule has 0 saturated heterocycles. The van der Waals surface area contributed by atoms with Crippen molar-refractivity contribution in [1.29, 1.82) is 0 Å². The highest BCUT2D eigenvalue weighted by molar-refractivity contribution is 5.86. The largest absolute Gasteiger partial charge is 0.481 e. The summed E-state index contributed by atoms with van der Waals surface area (Å²) in [5.74, 6) is -1.47. The van der Waals surface area contributed by atoms with Crippen LogP contribution in [-0.4, -0.2) is 27.1 Å². The van der Waals surface area contributed by atoms with Gasteiger partial charge in [-0.15, -0.1) is 0 Å². The lowest BCUT2D eigenvalue weighted by molar-refractivity contribution is -0.147. The van der Waals surface area contributed by atoms with Gasteiger partial charge in [-0.2, -0.15) is 4.98 Å². The maximum Gasteiger partial charge on any atom is 0.307 e. The van der Waals surface area contributed by atoms with Crippen LogP contribution in [0.4, 0.5) is 0 Å².